The maximum Gasteiger partial charge on any atom is 0.292 e. The number of nitro benzene ring substituents is 1. The molecule has 0 aromatic heterocycles. The van der Waals surface area contributed by atoms with Crippen molar-refractivity contribution < 1.29 is 14.8 Å². The SMILES string of the molecule is CN(CC(=O)Nc1cccc(CO)c1)c1ccccc1[N+](=O)[O-]. The first-order valence-corrected chi connectivity index (χ1v) is 6.95. The first-order valence-electron chi connectivity index (χ1n) is 6.95. The highest BCUT2D eigenvalue weighted by atomic mass is 16.6. The van der Waals surface area contributed by atoms with Crippen LogP contribution in [0.15, 0.2) is 48.5 Å². The van der Waals surface area contributed by atoms with Gasteiger partial charge in [-0.15, -0.1) is 0 Å². The number of nitrogens with zero attached hydrogens (tertiary/aromatic N) is 2. The standard InChI is InChI=1S/C16H17N3O4/c1-18(14-7-2-3-8-15(14)19(22)23)10-16(21)17-13-6-4-5-12(9-13)11-20/h2-9,20H,10-11H2,1H3,(H,17,21). The molecule has 7 heteroatoms. The van der Waals surface area contributed by atoms with Crippen LogP contribution in [0, 0.1) is 10.1 Å². The van der Waals surface area contributed by atoms with Crippen LogP contribution in [0.5, 0.6) is 0 Å². The molecule has 0 aliphatic rings. The Labute approximate surface area is 133 Å². The molecule has 0 saturated carbocycles. The van der Waals surface area contributed by atoms with Gasteiger partial charge >= 0.3 is 0 Å². The van der Waals surface area contributed by atoms with Crippen LogP contribution in [-0.2, 0) is 11.4 Å². The molecule has 0 saturated heterocycles. The number of aliphatic hydroxyl groups excluding tert-OH is 1. The number of nitrogens with one attached hydrogen (secondary N) is 1. The van der Waals surface area contributed by atoms with Gasteiger partial charge in [-0.1, -0.05) is 24.3 Å². The van der Waals surface area contributed by atoms with E-state index >= 15 is 0 Å². The summed E-state index contributed by atoms with van der Waals surface area (Å²) in [6.45, 7) is -0.145. The van der Waals surface area contributed by atoms with Gasteiger partial charge in [0.2, 0.25) is 5.91 Å². The summed E-state index contributed by atoms with van der Waals surface area (Å²) in [7, 11) is 1.62. The molecule has 23 heavy (non-hydrogen) atoms. The Hall–Kier alpha value is -2.93. The number of nitro groups is 1. The molecule has 2 rings (SSSR count). The lowest BCUT2D eigenvalue weighted by Crippen LogP contribution is -2.30. The van der Waals surface area contributed by atoms with Gasteiger partial charge in [-0.2, -0.15) is 0 Å². The molecule has 2 aromatic rings. The van der Waals surface area contributed by atoms with Crippen molar-refractivity contribution in [3.63, 3.8) is 0 Å². The number of rotatable bonds is 6. The third kappa shape index (κ3) is 4.27. The van der Waals surface area contributed by atoms with Gasteiger partial charge in [-0.25, -0.2) is 0 Å². The molecule has 0 fully saturated rings. The molecule has 0 radical (unpaired) electrons. The molecular weight excluding hydrogens is 298 g/mol. The van der Waals surface area contributed by atoms with Crippen molar-refractivity contribution in [1.29, 1.82) is 0 Å². The maximum atomic E-state index is 12.1. The average molecular weight is 315 g/mol. The van der Waals surface area contributed by atoms with Crippen molar-refractivity contribution in [3.05, 3.63) is 64.2 Å². The third-order valence-electron chi connectivity index (χ3n) is 3.26. The molecule has 0 bridgehead atoms. The Morgan fingerprint density at radius 1 is 1.26 bits per heavy atom. The van der Waals surface area contributed by atoms with Gasteiger partial charge in [0.1, 0.15) is 5.69 Å². The number of anilines is 2. The number of hydrogen-bond acceptors (Lipinski definition) is 5. The summed E-state index contributed by atoms with van der Waals surface area (Å²) in [6.07, 6.45) is 0. The summed E-state index contributed by atoms with van der Waals surface area (Å²) in [4.78, 5) is 24.2. The fraction of sp³-hybridized carbons (Fsp3) is 0.188. The van der Waals surface area contributed by atoms with Gasteiger partial charge in [0.25, 0.3) is 5.69 Å². The zero-order valence-electron chi connectivity index (χ0n) is 12.6. The van der Waals surface area contributed by atoms with E-state index in [0.717, 1.165) is 0 Å². The Morgan fingerprint density at radius 3 is 2.70 bits per heavy atom. The van der Waals surface area contributed by atoms with Crippen LogP contribution in [-0.4, -0.2) is 29.5 Å². The highest BCUT2D eigenvalue weighted by Crippen LogP contribution is 2.26. The van der Waals surface area contributed by atoms with Crippen molar-refractivity contribution in [2.75, 3.05) is 23.8 Å². The minimum Gasteiger partial charge on any atom is -0.392 e. The van der Waals surface area contributed by atoms with Crippen LogP contribution in [0.1, 0.15) is 5.56 Å². The molecule has 1 amide bonds. The lowest BCUT2D eigenvalue weighted by molar-refractivity contribution is -0.384. The molecule has 0 atom stereocenters. The lowest BCUT2D eigenvalue weighted by Gasteiger charge is -2.18. The van der Waals surface area contributed by atoms with E-state index < -0.39 is 4.92 Å². The fourth-order valence-corrected chi connectivity index (χ4v) is 2.19. The number of aliphatic hydroxyl groups is 1. The summed E-state index contributed by atoms with van der Waals surface area (Å²) >= 11 is 0. The number of benzene rings is 2. The predicted molar refractivity (Wildman–Crippen MR) is 87.4 cm³/mol. The van der Waals surface area contributed by atoms with Crippen molar-refractivity contribution in [2.45, 2.75) is 6.61 Å². The van der Waals surface area contributed by atoms with Gasteiger partial charge < -0.3 is 15.3 Å². The van der Waals surface area contributed by atoms with E-state index in [1.807, 2.05) is 0 Å². The van der Waals surface area contributed by atoms with Crippen LogP contribution < -0.4 is 10.2 Å². The van der Waals surface area contributed by atoms with E-state index in [-0.39, 0.29) is 24.7 Å². The lowest BCUT2D eigenvalue weighted by atomic mass is 10.2. The third-order valence-corrected chi connectivity index (χ3v) is 3.26. The fourth-order valence-electron chi connectivity index (χ4n) is 2.19. The molecule has 0 heterocycles. The summed E-state index contributed by atoms with van der Waals surface area (Å²) in [6, 6.07) is 13.1. The summed E-state index contributed by atoms with van der Waals surface area (Å²) in [5.41, 5.74) is 1.58. The number of likely N-dealkylation sites (N-methyl/N-ethyl adjacent to an activating group) is 1. The van der Waals surface area contributed by atoms with Crippen molar-refractivity contribution in [2.24, 2.45) is 0 Å². The van der Waals surface area contributed by atoms with E-state index in [0.29, 0.717) is 16.9 Å². The molecule has 120 valence electrons. The number of hydrogen-bond donors (Lipinski definition) is 2. The van der Waals surface area contributed by atoms with Gasteiger partial charge in [-0.05, 0) is 23.8 Å². The molecule has 0 spiro atoms. The van der Waals surface area contributed by atoms with Crippen molar-refractivity contribution in [3.8, 4) is 0 Å². The van der Waals surface area contributed by atoms with E-state index in [1.54, 1.807) is 49.5 Å². The van der Waals surface area contributed by atoms with Gasteiger partial charge in [-0.3, -0.25) is 14.9 Å². The Morgan fingerprint density at radius 2 is 2.00 bits per heavy atom. The second-order valence-corrected chi connectivity index (χ2v) is 5.01. The zero-order valence-corrected chi connectivity index (χ0v) is 12.6. The Kier molecular flexibility index (Phi) is 5.27. The predicted octanol–water partition coefficient (Wildman–Crippen LogP) is 2.16. The molecule has 2 aromatic carbocycles. The topological polar surface area (TPSA) is 95.7 Å². The summed E-state index contributed by atoms with van der Waals surface area (Å²) < 4.78 is 0. The monoisotopic (exact) mass is 315 g/mol. The molecule has 0 unspecified atom stereocenters. The minimum absolute atomic E-state index is 0.0335. The number of para-hydroxylation sites is 2. The smallest absolute Gasteiger partial charge is 0.292 e. The second-order valence-electron chi connectivity index (χ2n) is 5.01. The largest absolute Gasteiger partial charge is 0.392 e. The molecular formula is C16H17N3O4. The van der Waals surface area contributed by atoms with Crippen LogP contribution >= 0.6 is 0 Å². The van der Waals surface area contributed by atoms with Crippen LogP contribution in [0.2, 0.25) is 0 Å². The number of carbonyl (C=O) groups excluding carboxylic acids is 1. The van der Waals surface area contributed by atoms with Gasteiger partial charge in [0.15, 0.2) is 0 Å². The van der Waals surface area contributed by atoms with E-state index in [1.165, 1.54) is 11.0 Å². The van der Waals surface area contributed by atoms with Crippen molar-refractivity contribution in [1.82, 2.24) is 0 Å². The van der Waals surface area contributed by atoms with Gasteiger partial charge in [0.05, 0.1) is 18.1 Å². The first-order chi connectivity index (χ1) is 11.0. The Balaban J connectivity index is 2.06. The average Bonchev–Trinajstić information content (AvgIpc) is 2.54. The molecule has 0 aliphatic heterocycles. The van der Waals surface area contributed by atoms with Crippen LogP contribution in [0.3, 0.4) is 0 Å². The highest BCUT2D eigenvalue weighted by Gasteiger charge is 2.17. The minimum atomic E-state index is -0.478. The second kappa shape index (κ2) is 7.37. The van der Waals surface area contributed by atoms with E-state index in [4.69, 9.17) is 5.11 Å². The molecule has 2 N–H and O–H groups in total. The number of carbonyl (C=O) groups is 1. The normalized spacial score (nSPS) is 10.2. The highest BCUT2D eigenvalue weighted by molar-refractivity contribution is 5.94. The van der Waals surface area contributed by atoms with E-state index in [9.17, 15) is 14.9 Å². The molecule has 7 nitrogen and oxygen atoms in total. The summed E-state index contributed by atoms with van der Waals surface area (Å²) in [5.74, 6) is -0.305. The number of amides is 1. The van der Waals surface area contributed by atoms with Crippen LogP contribution in [0.25, 0.3) is 0 Å². The van der Waals surface area contributed by atoms with Crippen LogP contribution in [0.4, 0.5) is 17.1 Å². The quantitative estimate of drug-likeness (QED) is 0.629. The van der Waals surface area contributed by atoms with E-state index in [2.05, 4.69) is 5.32 Å². The Bertz CT molecular complexity index is 718. The first kappa shape index (κ1) is 16.4. The zero-order chi connectivity index (χ0) is 16.8. The van der Waals surface area contributed by atoms with Crippen molar-refractivity contribution >= 4 is 23.0 Å². The maximum absolute atomic E-state index is 12.1. The molecule has 0 aliphatic carbocycles. The summed E-state index contributed by atoms with van der Waals surface area (Å²) in [5, 5.41) is 22.8. The van der Waals surface area contributed by atoms with Gasteiger partial charge in [0, 0.05) is 18.8 Å².